The second-order valence-corrected chi connectivity index (χ2v) is 5.52. The molecular formula is C17H16BrNO. The van der Waals surface area contributed by atoms with Gasteiger partial charge in [-0.05, 0) is 29.8 Å². The van der Waals surface area contributed by atoms with E-state index in [4.69, 9.17) is 0 Å². The summed E-state index contributed by atoms with van der Waals surface area (Å²) in [7, 11) is 3.99. The molecule has 0 unspecified atom stereocenters. The second-order valence-electron chi connectivity index (χ2n) is 4.66. The van der Waals surface area contributed by atoms with E-state index < -0.39 is 0 Å². The number of carbonyl (C=O) groups excluding carboxylic acids is 1. The summed E-state index contributed by atoms with van der Waals surface area (Å²) >= 11 is 3.53. The second kappa shape index (κ2) is 6.53. The highest BCUT2D eigenvalue weighted by Gasteiger charge is 2.03. The van der Waals surface area contributed by atoms with Crippen LogP contribution in [0.4, 0.5) is 5.69 Å². The summed E-state index contributed by atoms with van der Waals surface area (Å²) in [6.07, 6.45) is 3.43. The number of hydrogen-bond acceptors (Lipinski definition) is 2. The van der Waals surface area contributed by atoms with Crippen molar-refractivity contribution < 1.29 is 4.79 Å². The minimum Gasteiger partial charge on any atom is -0.378 e. The maximum atomic E-state index is 12.0. The van der Waals surface area contributed by atoms with E-state index in [9.17, 15) is 4.79 Å². The summed E-state index contributed by atoms with van der Waals surface area (Å²) in [6.45, 7) is 0. The van der Waals surface area contributed by atoms with Crippen LogP contribution in [0.5, 0.6) is 0 Å². The predicted molar refractivity (Wildman–Crippen MR) is 88.3 cm³/mol. The van der Waals surface area contributed by atoms with E-state index in [-0.39, 0.29) is 5.78 Å². The zero-order valence-electron chi connectivity index (χ0n) is 11.5. The lowest BCUT2D eigenvalue weighted by molar-refractivity contribution is 0.104. The lowest BCUT2D eigenvalue weighted by Gasteiger charge is -2.13. The van der Waals surface area contributed by atoms with Crippen molar-refractivity contribution in [1.82, 2.24) is 0 Å². The van der Waals surface area contributed by atoms with Crippen molar-refractivity contribution in [2.24, 2.45) is 0 Å². The Kier molecular flexibility index (Phi) is 4.74. The van der Waals surface area contributed by atoms with Gasteiger partial charge in [0.2, 0.25) is 0 Å². The zero-order chi connectivity index (χ0) is 14.5. The molecule has 3 heteroatoms. The molecular weight excluding hydrogens is 314 g/mol. The number of ketones is 1. The van der Waals surface area contributed by atoms with E-state index in [1.165, 1.54) is 0 Å². The third-order valence-electron chi connectivity index (χ3n) is 2.97. The first-order valence-corrected chi connectivity index (χ1v) is 7.11. The molecule has 0 heterocycles. The molecule has 0 N–H and O–H groups in total. The summed E-state index contributed by atoms with van der Waals surface area (Å²) in [6, 6.07) is 15.3. The van der Waals surface area contributed by atoms with Gasteiger partial charge in [-0.15, -0.1) is 0 Å². The molecule has 0 bridgehead atoms. The van der Waals surface area contributed by atoms with Crippen molar-refractivity contribution in [3.63, 3.8) is 0 Å². The summed E-state index contributed by atoms with van der Waals surface area (Å²) in [5, 5.41) is 0. The normalized spacial score (nSPS) is 10.8. The van der Waals surface area contributed by atoms with Crippen LogP contribution in [0.2, 0.25) is 0 Å². The Balaban J connectivity index is 2.18. The molecule has 0 saturated heterocycles. The summed E-state index contributed by atoms with van der Waals surface area (Å²) in [5.41, 5.74) is 2.80. The summed E-state index contributed by atoms with van der Waals surface area (Å²) in [5.74, 6) is 0.00851. The van der Waals surface area contributed by atoms with Crippen molar-refractivity contribution in [2.75, 3.05) is 19.0 Å². The van der Waals surface area contributed by atoms with Gasteiger partial charge >= 0.3 is 0 Å². The Morgan fingerprint density at radius 3 is 2.40 bits per heavy atom. The molecule has 0 aliphatic rings. The van der Waals surface area contributed by atoms with E-state index >= 15 is 0 Å². The SMILES string of the molecule is CN(C)c1ccc(C=CC(=O)c2ccccc2)c(Br)c1. The Labute approximate surface area is 127 Å². The van der Waals surface area contributed by atoms with Crippen molar-refractivity contribution in [3.8, 4) is 0 Å². The average molecular weight is 330 g/mol. The highest BCUT2D eigenvalue weighted by molar-refractivity contribution is 9.10. The molecule has 0 saturated carbocycles. The van der Waals surface area contributed by atoms with E-state index in [1.54, 1.807) is 6.08 Å². The molecule has 0 aromatic heterocycles. The number of rotatable bonds is 4. The average Bonchev–Trinajstić information content (AvgIpc) is 2.46. The van der Waals surface area contributed by atoms with Crippen LogP contribution in [-0.4, -0.2) is 19.9 Å². The van der Waals surface area contributed by atoms with Crippen LogP contribution in [0.3, 0.4) is 0 Å². The number of anilines is 1. The molecule has 20 heavy (non-hydrogen) atoms. The van der Waals surface area contributed by atoms with Gasteiger partial charge in [0, 0.05) is 29.8 Å². The minimum absolute atomic E-state index is 0.00851. The Bertz CT molecular complexity index is 633. The first-order chi connectivity index (χ1) is 9.58. The first kappa shape index (κ1) is 14.5. The largest absolute Gasteiger partial charge is 0.378 e. The van der Waals surface area contributed by atoms with Gasteiger partial charge < -0.3 is 4.90 Å². The van der Waals surface area contributed by atoms with Crippen LogP contribution in [0.25, 0.3) is 6.08 Å². The van der Waals surface area contributed by atoms with Crippen molar-refractivity contribution >= 4 is 33.5 Å². The van der Waals surface area contributed by atoms with E-state index in [0.717, 1.165) is 15.7 Å². The van der Waals surface area contributed by atoms with Gasteiger partial charge in [-0.3, -0.25) is 4.79 Å². The Morgan fingerprint density at radius 1 is 1.10 bits per heavy atom. The van der Waals surface area contributed by atoms with Crippen LogP contribution in [-0.2, 0) is 0 Å². The van der Waals surface area contributed by atoms with Gasteiger partial charge in [-0.25, -0.2) is 0 Å². The smallest absolute Gasteiger partial charge is 0.185 e. The van der Waals surface area contributed by atoms with Gasteiger partial charge in [0.05, 0.1) is 0 Å². The Hall–Kier alpha value is -1.87. The fourth-order valence-electron chi connectivity index (χ4n) is 1.79. The molecule has 0 spiro atoms. The summed E-state index contributed by atoms with van der Waals surface area (Å²) < 4.78 is 0.973. The van der Waals surface area contributed by atoms with Gasteiger partial charge in [0.1, 0.15) is 0 Å². The molecule has 2 aromatic carbocycles. The summed E-state index contributed by atoms with van der Waals surface area (Å²) in [4.78, 5) is 14.0. The number of nitrogens with zero attached hydrogens (tertiary/aromatic N) is 1. The zero-order valence-corrected chi connectivity index (χ0v) is 13.1. The lowest BCUT2D eigenvalue weighted by atomic mass is 10.1. The van der Waals surface area contributed by atoms with Gasteiger partial charge in [-0.1, -0.05) is 52.3 Å². The molecule has 0 amide bonds. The third kappa shape index (κ3) is 3.58. The third-order valence-corrected chi connectivity index (χ3v) is 3.66. The lowest BCUT2D eigenvalue weighted by Crippen LogP contribution is -2.08. The molecule has 0 aliphatic carbocycles. The topological polar surface area (TPSA) is 20.3 Å². The number of hydrogen-bond donors (Lipinski definition) is 0. The van der Waals surface area contributed by atoms with E-state index in [2.05, 4.69) is 15.9 Å². The number of carbonyl (C=O) groups is 1. The van der Waals surface area contributed by atoms with Gasteiger partial charge in [-0.2, -0.15) is 0 Å². The molecule has 0 atom stereocenters. The fourth-order valence-corrected chi connectivity index (χ4v) is 2.29. The van der Waals surface area contributed by atoms with Gasteiger partial charge in [0.25, 0.3) is 0 Å². The molecule has 102 valence electrons. The molecule has 0 radical (unpaired) electrons. The number of allylic oxidation sites excluding steroid dienone is 1. The van der Waals surface area contributed by atoms with Crippen LogP contribution in [0.1, 0.15) is 15.9 Å². The molecule has 0 aliphatic heterocycles. The monoisotopic (exact) mass is 329 g/mol. The fraction of sp³-hybridized carbons (Fsp3) is 0.118. The minimum atomic E-state index is 0.00851. The maximum Gasteiger partial charge on any atom is 0.185 e. The highest BCUT2D eigenvalue weighted by atomic mass is 79.9. The van der Waals surface area contributed by atoms with E-state index in [1.807, 2.05) is 73.6 Å². The van der Waals surface area contributed by atoms with Crippen LogP contribution in [0.15, 0.2) is 59.1 Å². The van der Waals surface area contributed by atoms with Crippen molar-refractivity contribution in [2.45, 2.75) is 0 Å². The Morgan fingerprint density at radius 2 is 1.80 bits per heavy atom. The standard InChI is InChI=1S/C17H16BrNO/c1-19(2)15-10-8-13(16(18)12-15)9-11-17(20)14-6-4-3-5-7-14/h3-12H,1-2H3. The first-order valence-electron chi connectivity index (χ1n) is 6.32. The molecule has 0 fully saturated rings. The highest BCUT2D eigenvalue weighted by Crippen LogP contribution is 2.24. The molecule has 2 rings (SSSR count). The molecule has 2 aromatic rings. The number of benzene rings is 2. The van der Waals surface area contributed by atoms with Crippen LogP contribution >= 0.6 is 15.9 Å². The van der Waals surface area contributed by atoms with E-state index in [0.29, 0.717) is 5.56 Å². The van der Waals surface area contributed by atoms with Crippen molar-refractivity contribution in [1.29, 1.82) is 0 Å². The van der Waals surface area contributed by atoms with Gasteiger partial charge in [0.15, 0.2) is 5.78 Å². The molecule has 2 nitrogen and oxygen atoms in total. The van der Waals surface area contributed by atoms with Crippen LogP contribution < -0.4 is 4.90 Å². The predicted octanol–water partition coefficient (Wildman–Crippen LogP) is 4.41. The van der Waals surface area contributed by atoms with Crippen LogP contribution in [0, 0.1) is 0 Å². The van der Waals surface area contributed by atoms with Crippen molar-refractivity contribution in [3.05, 3.63) is 70.2 Å². The quantitative estimate of drug-likeness (QED) is 0.611. The number of halogens is 1. The maximum absolute atomic E-state index is 12.0.